The summed E-state index contributed by atoms with van der Waals surface area (Å²) in [6.07, 6.45) is 4.47. The molecule has 1 aromatic rings. The molecule has 2 atom stereocenters. The van der Waals surface area contributed by atoms with Crippen molar-refractivity contribution in [3.8, 4) is 0 Å². The van der Waals surface area contributed by atoms with Crippen LogP contribution in [0, 0.1) is 12.8 Å². The molecule has 4 heteroatoms. The minimum atomic E-state index is 0.453. The summed E-state index contributed by atoms with van der Waals surface area (Å²) in [4.78, 5) is 4.43. The number of hydrogen-bond donors (Lipinski definition) is 2. The zero-order chi connectivity index (χ0) is 12.3. The lowest BCUT2D eigenvalue weighted by Crippen LogP contribution is -2.39. The van der Waals surface area contributed by atoms with Crippen LogP contribution in [0.5, 0.6) is 0 Å². The lowest BCUT2D eigenvalue weighted by atomic mass is 9.93. The molecule has 0 aliphatic carbocycles. The second-order valence-electron chi connectivity index (χ2n) is 4.88. The molecule has 0 saturated carbocycles. The summed E-state index contributed by atoms with van der Waals surface area (Å²) in [6, 6.07) is 2.55. The third-order valence-electron chi connectivity index (χ3n) is 3.38. The van der Waals surface area contributed by atoms with Crippen molar-refractivity contribution in [3.63, 3.8) is 0 Å². The number of pyridine rings is 1. The quantitative estimate of drug-likeness (QED) is 0.901. The van der Waals surface area contributed by atoms with Crippen molar-refractivity contribution in [2.45, 2.75) is 32.7 Å². The first-order chi connectivity index (χ1) is 8.16. The fraction of sp³-hybridized carbons (Fsp3) is 0.615. The molecule has 0 spiro atoms. The van der Waals surface area contributed by atoms with Gasteiger partial charge >= 0.3 is 0 Å². The van der Waals surface area contributed by atoms with E-state index in [1.165, 1.54) is 18.4 Å². The standard InChI is InChI=1S/C13H20BrN3/c1-9-6-12(14)13(16-7-9)17-10(2)11-4-3-5-15-8-11/h6-7,10-11,15H,3-5,8H2,1-2H3,(H,16,17). The van der Waals surface area contributed by atoms with E-state index in [1.54, 1.807) is 0 Å². The summed E-state index contributed by atoms with van der Waals surface area (Å²) in [5, 5.41) is 6.96. The Labute approximate surface area is 112 Å². The van der Waals surface area contributed by atoms with Gasteiger partial charge in [-0.3, -0.25) is 0 Å². The average Bonchev–Trinajstić information content (AvgIpc) is 2.34. The number of hydrogen-bond acceptors (Lipinski definition) is 3. The summed E-state index contributed by atoms with van der Waals surface area (Å²) < 4.78 is 1.05. The molecule has 2 rings (SSSR count). The molecule has 0 bridgehead atoms. The van der Waals surface area contributed by atoms with Crippen molar-refractivity contribution in [2.24, 2.45) is 5.92 Å². The van der Waals surface area contributed by atoms with Crippen molar-refractivity contribution in [1.29, 1.82) is 0 Å². The Morgan fingerprint density at radius 2 is 2.41 bits per heavy atom. The van der Waals surface area contributed by atoms with Crippen molar-refractivity contribution >= 4 is 21.7 Å². The number of piperidine rings is 1. The number of halogens is 1. The maximum absolute atomic E-state index is 4.43. The number of anilines is 1. The van der Waals surface area contributed by atoms with Crippen molar-refractivity contribution in [1.82, 2.24) is 10.3 Å². The van der Waals surface area contributed by atoms with Gasteiger partial charge in [-0.05, 0) is 73.3 Å². The van der Waals surface area contributed by atoms with E-state index in [9.17, 15) is 0 Å². The molecule has 3 nitrogen and oxygen atoms in total. The van der Waals surface area contributed by atoms with E-state index in [4.69, 9.17) is 0 Å². The average molecular weight is 298 g/mol. The topological polar surface area (TPSA) is 37.0 Å². The maximum Gasteiger partial charge on any atom is 0.140 e. The van der Waals surface area contributed by atoms with Gasteiger partial charge in [-0.2, -0.15) is 0 Å². The minimum Gasteiger partial charge on any atom is -0.366 e. The van der Waals surface area contributed by atoms with Crippen LogP contribution in [0.15, 0.2) is 16.7 Å². The predicted molar refractivity (Wildman–Crippen MR) is 75.4 cm³/mol. The van der Waals surface area contributed by atoms with Gasteiger partial charge in [0.15, 0.2) is 0 Å². The van der Waals surface area contributed by atoms with E-state index in [0.29, 0.717) is 12.0 Å². The molecule has 0 aromatic carbocycles. The highest BCUT2D eigenvalue weighted by atomic mass is 79.9. The van der Waals surface area contributed by atoms with Crippen LogP contribution in [0.2, 0.25) is 0 Å². The molecule has 1 aromatic heterocycles. The van der Waals surface area contributed by atoms with Crippen LogP contribution in [0.4, 0.5) is 5.82 Å². The van der Waals surface area contributed by atoms with Gasteiger partial charge in [-0.1, -0.05) is 0 Å². The molecular formula is C13H20BrN3. The van der Waals surface area contributed by atoms with E-state index >= 15 is 0 Å². The second-order valence-corrected chi connectivity index (χ2v) is 5.74. The number of rotatable bonds is 3. The van der Waals surface area contributed by atoms with Gasteiger partial charge in [-0.25, -0.2) is 4.98 Å². The van der Waals surface area contributed by atoms with Gasteiger partial charge in [0.2, 0.25) is 0 Å². The molecule has 1 aliphatic heterocycles. The van der Waals surface area contributed by atoms with E-state index in [2.05, 4.69) is 51.5 Å². The fourth-order valence-corrected chi connectivity index (χ4v) is 2.86. The lowest BCUT2D eigenvalue weighted by Gasteiger charge is -2.29. The molecule has 94 valence electrons. The zero-order valence-corrected chi connectivity index (χ0v) is 12.0. The van der Waals surface area contributed by atoms with Crippen molar-refractivity contribution in [2.75, 3.05) is 18.4 Å². The van der Waals surface area contributed by atoms with E-state index in [0.717, 1.165) is 23.4 Å². The van der Waals surface area contributed by atoms with Gasteiger partial charge < -0.3 is 10.6 Å². The van der Waals surface area contributed by atoms with Crippen LogP contribution in [-0.4, -0.2) is 24.1 Å². The lowest BCUT2D eigenvalue weighted by molar-refractivity contribution is 0.346. The highest BCUT2D eigenvalue weighted by Crippen LogP contribution is 2.24. The summed E-state index contributed by atoms with van der Waals surface area (Å²) in [5.74, 6) is 1.65. The number of nitrogens with zero attached hydrogens (tertiary/aromatic N) is 1. The second kappa shape index (κ2) is 5.83. The first kappa shape index (κ1) is 12.8. The Morgan fingerprint density at radius 3 is 3.06 bits per heavy atom. The first-order valence-electron chi connectivity index (χ1n) is 6.26. The molecule has 2 heterocycles. The highest BCUT2D eigenvalue weighted by Gasteiger charge is 2.20. The summed E-state index contributed by atoms with van der Waals surface area (Å²) >= 11 is 3.56. The fourth-order valence-electron chi connectivity index (χ4n) is 2.28. The maximum atomic E-state index is 4.43. The first-order valence-corrected chi connectivity index (χ1v) is 7.05. The van der Waals surface area contributed by atoms with Crippen LogP contribution in [0.25, 0.3) is 0 Å². The number of aromatic nitrogens is 1. The normalized spacial score (nSPS) is 22.2. The predicted octanol–water partition coefficient (Wildman–Crippen LogP) is 2.95. The van der Waals surface area contributed by atoms with Crippen LogP contribution < -0.4 is 10.6 Å². The number of nitrogens with one attached hydrogen (secondary N) is 2. The van der Waals surface area contributed by atoms with Crippen molar-refractivity contribution in [3.05, 3.63) is 22.3 Å². The number of aryl methyl sites for hydroxylation is 1. The van der Waals surface area contributed by atoms with Crippen LogP contribution in [0.1, 0.15) is 25.3 Å². The SMILES string of the molecule is Cc1cnc(NC(C)C2CCCNC2)c(Br)c1. The smallest absolute Gasteiger partial charge is 0.140 e. The van der Waals surface area contributed by atoms with Crippen LogP contribution in [-0.2, 0) is 0 Å². The van der Waals surface area contributed by atoms with Gasteiger partial charge in [0.25, 0.3) is 0 Å². The summed E-state index contributed by atoms with van der Waals surface area (Å²) in [5.41, 5.74) is 1.18. The van der Waals surface area contributed by atoms with Gasteiger partial charge in [0.1, 0.15) is 5.82 Å². The van der Waals surface area contributed by atoms with Gasteiger partial charge in [0.05, 0.1) is 4.47 Å². The molecule has 17 heavy (non-hydrogen) atoms. The molecule has 0 amide bonds. The van der Waals surface area contributed by atoms with Crippen LogP contribution in [0.3, 0.4) is 0 Å². The largest absolute Gasteiger partial charge is 0.366 e. The van der Waals surface area contributed by atoms with Crippen molar-refractivity contribution < 1.29 is 0 Å². The van der Waals surface area contributed by atoms with E-state index in [1.807, 2.05) is 6.20 Å². The molecule has 1 saturated heterocycles. The Bertz CT molecular complexity index is 375. The third kappa shape index (κ3) is 3.42. The molecule has 1 aliphatic rings. The Balaban J connectivity index is 1.99. The molecule has 0 radical (unpaired) electrons. The molecule has 2 unspecified atom stereocenters. The van der Waals surface area contributed by atoms with Gasteiger partial charge in [0, 0.05) is 12.2 Å². The Kier molecular flexibility index (Phi) is 4.40. The molecule has 1 fully saturated rings. The third-order valence-corrected chi connectivity index (χ3v) is 3.99. The molecule has 2 N–H and O–H groups in total. The summed E-state index contributed by atoms with van der Waals surface area (Å²) in [7, 11) is 0. The minimum absolute atomic E-state index is 0.453. The zero-order valence-electron chi connectivity index (χ0n) is 10.5. The van der Waals surface area contributed by atoms with Crippen LogP contribution >= 0.6 is 15.9 Å². The van der Waals surface area contributed by atoms with E-state index in [-0.39, 0.29) is 0 Å². The molecular weight excluding hydrogens is 278 g/mol. The Morgan fingerprint density at radius 1 is 1.59 bits per heavy atom. The summed E-state index contributed by atoms with van der Waals surface area (Å²) in [6.45, 7) is 6.56. The van der Waals surface area contributed by atoms with E-state index < -0.39 is 0 Å². The monoisotopic (exact) mass is 297 g/mol. The highest BCUT2D eigenvalue weighted by molar-refractivity contribution is 9.10. The Hall–Kier alpha value is -0.610. The van der Waals surface area contributed by atoms with Gasteiger partial charge in [-0.15, -0.1) is 0 Å².